The summed E-state index contributed by atoms with van der Waals surface area (Å²) in [6, 6.07) is 13.9. The zero-order chi connectivity index (χ0) is 19.2. The van der Waals surface area contributed by atoms with E-state index < -0.39 is 18.1 Å². The van der Waals surface area contributed by atoms with E-state index >= 15 is 0 Å². The molecule has 0 aromatic heterocycles. The number of anilines is 1. The van der Waals surface area contributed by atoms with Crippen molar-refractivity contribution in [3.05, 3.63) is 59.7 Å². The lowest BCUT2D eigenvalue weighted by molar-refractivity contribution is -0.146. The number of ether oxygens (including phenoxy) is 1. The number of aryl methyl sites for hydroxylation is 1. The molecule has 142 valence electrons. The Morgan fingerprint density at radius 1 is 1.15 bits per heavy atom. The SMILES string of the molecule is Cc1cc(OC(NC(=O)c2ccccc2)C(=O)O)ccc1N1CCNCC1. The van der Waals surface area contributed by atoms with Gasteiger partial charge >= 0.3 is 5.97 Å². The first-order valence-electron chi connectivity index (χ1n) is 8.86. The normalized spacial score (nSPS) is 15.1. The van der Waals surface area contributed by atoms with E-state index in [2.05, 4.69) is 15.5 Å². The van der Waals surface area contributed by atoms with E-state index in [0.29, 0.717) is 11.3 Å². The van der Waals surface area contributed by atoms with Crippen molar-refractivity contribution in [3.63, 3.8) is 0 Å². The molecule has 7 nitrogen and oxygen atoms in total. The van der Waals surface area contributed by atoms with Crippen LogP contribution in [0.25, 0.3) is 0 Å². The van der Waals surface area contributed by atoms with Crippen LogP contribution in [0.4, 0.5) is 5.69 Å². The van der Waals surface area contributed by atoms with Crippen molar-refractivity contribution in [1.82, 2.24) is 10.6 Å². The van der Waals surface area contributed by atoms with Gasteiger partial charge < -0.3 is 25.4 Å². The molecule has 1 fully saturated rings. The highest BCUT2D eigenvalue weighted by atomic mass is 16.5. The van der Waals surface area contributed by atoms with Gasteiger partial charge in [0.05, 0.1) is 0 Å². The highest BCUT2D eigenvalue weighted by Crippen LogP contribution is 2.25. The summed E-state index contributed by atoms with van der Waals surface area (Å²) in [6.45, 7) is 5.68. The summed E-state index contributed by atoms with van der Waals surface area (Å²) < 4.78 is 5.53. The number of rotatable bonds is 6. The van der Waals surface area contributed by atoms with Crippen LogP contribution in [0.15, 0.2) is 48.5 Å². The molecule has 0 radical (unpaired) electrons. The summed E-state index contributed by atoms with van der Waals surface area (Å²) in [6.07, 6.45) is -1.47. The maximum atomic E-state index is 12.2. The van der Waals surface area contributed by atoms with Gasteiger partial charge in [-0.05, 0) is 42.8 Å². The first-order chi connectivity index (χ1) is 13.0. The maximum Gasteiger partial charge on any atom is 0.366 e. The molecule has 1 amide bonds. The molecular formula is C20H23N3O4. The van der Waals surface area contributed by atoms with Gasteiger partial charge in [-0.3, -0.25) is 4.79 Å². The lowest BCUT2D eigenvalue weighted by Gasteiger charge is -2.31. The van der Waals surface area contributed by atoms with Crippen LogP contribution in [-0.2, 0) is 4.79 Å². The summed E-state index contributed by atoms with van der Waals surface area (Å²) in [4.78, 5) is 26.0. The number of carbonyl (C=O) groups is 2. The van der Waals surface area contributed by atoms with Gasteiger partial charge in [0, 0.05) is 37.4 Å². The number of benzene rings is 2. The Morgan fingerprint density at radius 3 is 2.48 bits per heavy atom. The first-order valence-corrected chi connectivity index (χ1v) is 8.86. The summed E-state index contributed by atoms with van der Waals surface area (Å²) in [5.41, 5.74) is 2.47. The fraction of sp³-hybridized carbons (Fsp3) is 0.300. The summed E-state index contributed by atoms with van der Waals surface area (Å²) >= 11 is 0. The van der Waals surface area contributed by atoms with Crippen molar-refractivity contribution >= 4 is 17.6 Å². The van der Waals surface area contributed by atoms with E-state index in [9.17, 15) is 14.7 Å². The number of nitrogens with zero attached hydrogens (tertiary/aromatic N) is 1. The minimum atomic E-state index is -1.47. The number of piperazine rings is 1. The van der Waals surface area contributed by atoms with Crippen molar-refractivity contribution in [2.75, 3.05) is 31.1 Å². The third-order valence-electron chi connectivity index (χ3n) is 4.40. The standard InChI is InChI=1S/C20H23N3O4/c1-14-13-16(7-8-17(14)23-11-9-21-10-12-23)27-19(20(25)26)22-18(24)15-5-3-2-4-6-15/h2-8,13,19,21H,9-12H2,1H3,(H,22,24)(H,25,26). The van der Waals surface area contributed by atoms with Gasteiger partial charge in [-0.15, -0.1) is 0 Å². The quantitative estimate of drug-likeness (QED) is 0.671. The average Bonchev–Trinajstić information content (AvgIpc) is 2.69. The van der Waals surface area contributed by atoms with E-state index in [1.54, 1.807) is 42.5 Å². The minimum absolute atomic E-state index is 0.373. The molecule has 2 aromatic carbocycles. The Labute approximate surface area is 157 Å². The van der Waals surface area contributed by atoms with Crippen LogP contribution in [-0.4, -0.2) is 49.4 Å². The van der Waals surface area contributed by atoms with Gasteiger partial charge in [-0.2, -0.15) is 0 Å². The molecule has 0 aliphatic carbocycles. The van der Waals surface area contributed by atoms with Crippen molar-refractivity contribution in [3.8, 4) is 5.75 Å². The second kappa shape index (κ2) is 8.55. The molecule has 1 aliphatic heterocycles. The molecule has 1 saturated heterocycles. The summed E-state index contributed by atoms with van der Waals surface area (Å²) in [5.74, 6) is -1.37. The molecule has 1 atom stereocenters. The number of carboxylic acids is 1. The lowest BCUT2D eigenvalue weighted by Crippen LogP contribution is -2.45. The molecule has 1 unspecified atom stereocenters. The van der Waals surface area contributed by atoms with Crippen LogP contribution in [0, 0.1) is 6.92 Å². The number of carboxylic acid groups (broad SMARTS) is 1. The molecule has 2 aromatic rings. The lowest BCUT2D eigenvalue weighted by atomic mass is 10.1. The number of nitrogens with one attached hydrogen (secondary N) is 2. The fourth-order valence-electron chi connectivity index (χ4n) is 3.03. The highest BCUT2D eigenvalue weighted by Gasteiger charge is 2.23. The average molecular weight is 369 g/mol. The Bertz CT molecular complexity index is 804. The van der Waals surface area contributed by atoms with Crippen LogP contribution >= 0.6 is 0 Å². The van der Waals surface area contributed by atoms with Gasteiger partial charge in [0.15, 0.2) is 0 Å². The number of carbonyl (C=O) groups excluding carboxylic acids is 1. The van der Waals surface area contributed by atoms with Crippen LogP contribution in [0.1, 0.15) is 15.9 Å². The van der Waals surface area contributed by atoms with E-state index in [0.717, 1.165) is 37.4 Å². The fourth-order valence-corrected chi connectivity index (χ4v) is 3.03. The Balaban J connectivity index is 1.70. The molecule has 3 N–H and O–H groups in total. The third kappa shape index (κ3) is 4.77. The predicted molar refractivity (Wildman–Crippen MR) is 102 cm³/mol. The van der Waals surface area contributed by atoms with Crippen LogP contribution < -0.4 is 20.3 Å². The molecule has 0 spiro atoms. The van der Waals surface area contributed by atoms with Gasteiger partial charge in [0.25, 0.3) is 12.1 Å². The summed E-state index contributed by atoms with van der Waals surface area (Å²) in [5, 5.41) is 15.1. The van der Waals surface area contributed by atoms with Crippen molar-refractivity contribution in [1.29, 1.82) is 0 Å². The monoisotopic (exact) mass is 369 g/mol. The molecular weight excluding hydrogens is 346 g/mol. The number of amides is 1. The maximum absolute atomic E-state index is 12.2. The molecule has 7 heteroatoms. The van der Waals surface area contributed by atoms with Gasteiger partial charge in [0.2, 0.25) is 0 Å². The second-order valence-corrected chi connectivity index (χ2v) is 6.36. The summed E-state index contributed by atoms with van der Waals surface area (Å²) in [7, 11) is 0. The topological polar surface area (TPSA) is 90.9 Å². The van der Waals surface area contributed by atoms with E-state index in [-0.39, 0.29) is 0 Å². The highest BCUT2D eigenvalue weighted by molar-refractivity contribution is 5.96. The van der Waals surface area contributed by atoms with Gasteiger partial charge in [-0.25, -0.2) is 4.79 Å². The molecule has 1 aliphatic rings. The van der Waals surface area contributed by atoms with E-state index in [4.69, 9.17) is 4.74 Å². The largest absolute Gasteiger partial charge is 0.477 e. The predicted octanol–water partition coefficient (Wildman–Crippen LogP) is 1.62. The number of hydrogen-bond donors (Lipinski definition) is 3. The molecule has 3 rings (SSSR count). The van der Waals surface area contributed by atoms with Crippen molar-refractivity contribution in [2.45, 2.75) is 13.2 Å². The van der Waals surface area contributed by atoms with Crippen LogP contribution in [0.3, 0.4) is 0 Å². The molecule has 1 heterocycles. The number of hydrogen-bond acceptors (Lipinski definition) is 5. The molecule has 27 heavy (non-hydrogen) atoms. The zero-order valence-electron chi connectivity index (χ0n) is 15.1. The number of aliphatic carboxylic acids is 1. The van der Waals surface area contributed by atoms with Crippen LogP contribution in [0.2, 0.25) is 0 Å². The molecule has 0 bridgehead atoms. The van der Waals surface area contributed by atoms with Crippen molar-refractivity contribution in [2.24, 2.45) is 0 Å². The van der Waals surface area contributed by atoms with E-state index in [1.165, 1.54) is 0 Å². The third-order valence-corrected chi connectivity index (χ3v) is 4.40. The van der Waals surface area contributed by atoms with Gasteiger partial charge in [-0.1, -0.05) is 18.2 Å². The Morgan fingerprint density at radius 2 is 1.85 bits per heavy atom. The minimum Gasteiger partial charge on any atom is -0.477 e. The second-order valence-electron chi connectivity index (χ2n) is 6.36. The van der Waals surface area contributed by atoms with Crippen LogP contribution in [0.5, 0.6) is 5.75 Å². The van der Waals surface area contributed by atoms with E-state index in [1.807, 2.05) is 13.0 Å². The Hall–Kier alpha value is -3.06. The smallest absolute Gasteiger partial charge is 0.366 e. The Kier molecular flexibility index (Phi) is 5.93. The van der Waals surface area contributed by atoms with Gasteiger partial charge in [0.1, 0.15) is 5.75 Å². The molecule has 0 saturated carbocycles. The zero-order valence-corrected chi connectivity index (χ0v) is 15.1. The first kappa shape index (κ1) is 18.7. The van der Waals surface area contributed by atoms with Crippen molar-refractivity contribution < 1.29 is 19.4 Å².